The van der Waals surface area contributed by atoms with Gasteiger partial charge in [-0.1, -0.05) is 6.92 Å². The van der Waals surface area contributed by atoms with E-state index in [2.05, 4.69) is 0 Å². The maximum absolute atomic E-state index is 11.3. The molecular formula is C15H20O4. The molecule has 0 saturated heterocycles. The summed E-state index contributed by atoms with van der Waals surface area (Å²) in [6, 6.07) is 5.09. The zero-order valence-corrected chi connectivity index (χ0v) is 11.7. The van der Waals surface area contributed by atoms with Crippen LogP contribution < -0.4 is 9.47 Å². The molecule has 0 bridgehead atoms. The van der Waals surface area contributed by atoms with Gasteiger partial charge in [0, 0.05) is 18.4 Å². The molecule has 0 aliphatic heterocycles. The average Bonchev–Trinajstić information content (AvgIpc) is 2.42. The second kappa shape index (κ2) is 7.56. The highest BCUT2D eigenvalue weighted by Crippen LogP contribution is 2.28. The van der Waals surface area contributed by atoms with E-state index in [4.69, 9.17) is 9.47 Å². The lowest BCUT2D eigenvalue weighted by atomic mass is 10.1. The third-order valence-electron chi connectivity index (χ3n) is 2.82. The molecule has 0 aromatic heterocycles. The van der Waals surface area contributed by atoms with Crippen molar-refractivity contribution in [2.75, 3.05) is 13.7 Å². The Balaban J connectivity index is 2.58. The molecule has 19 heavy (non-hydrogen) atoms. The molecule has 4 heteroatoms. The van der Waals surface area contributed by atoms with Crippen LogP contribution in [0.25, 0.3) is 0 Å². The van der Waals surface area contributed by atoms with Gasteiger partial charge in [-0.25, -0.2) is 0 Å². The zero-order valence-electron chi connectivity index (χ0n) is 11.7. The van der Waals surface area contributed by atoms with Crippen LogP contribution in [0.15, 0.2) is 18.2 Å². The minimum atomic E-state index is -0.0154. The summed E-state index contributed by atoms with van der Waals surface area (Å²) in [5, 5.41) is 0. The Morgan fingerprint density at radius 1 is 1.21 bits per heavy atom. The number of rotatable bonds is 8. The molecule has 104 valence electrons. The summed E-state index contributed by atoms with van der Waals surface area (Å²) in [6.45, 7) is 3.82. The van der Waals surface area contributed by atoms with Gasteiger partial charge in [-0.2, -0.15) is 0 Å². The van der Waals surface area contributed by atoms with Crippen LogP contribution in [0.1, 0.15) is 43.5 Å². The van der Waals surface area contributed by atoms with Crippen LogP contribution in [0.3, 0.4) is 0 Å². The Bertz CT molecular complexity index is 451. The third kappa shape index (κ3) is 4.73. The van der Waals surface area contributed by atoms with Gasteiger partial charge in [0.15, 0.2) is 17.3 Å². The quantitative estimate of drug-likeness (QED) is 0.535. The molecule has 1 rings (SSSR count). The van der Waals surface area contributed by atoms with Gasteiger partial charge in [0.25, 0.3) is 0 Å². The number of hydrogen-bond acceptors (Lipinski definition) is 4. The highest BCUT2D eigenvalue weighted by molar-refractivity contribution is 5.94. The van der Waals surface area contributed by atoms with Gasteiger partial charge in [0.05, 0.1) is 13.7 Å². The first-order chi connectivity index (χ1) is 9.08. The number of carbonyl (C=O) groups excluding carboxylic acids is 2. The molecule has 0 unspecified atom stereocenters. The summed E-state index contributed by atoms with van der Waals surface area (Å²) in [5.41, 5.74) is 0.588. The molecule has 0 spiro atoms. The van der Waals surface area contributed by atoms with Crippen molar-refractivity contribution < 1.29 is 19.1 Å². The van der Waals surface area contributed by atoms with Crippen molar-refractivity contribution in [1.29, 1.82) is 0 Å². The van der Waals surface area contributed by atoms with Crippen LogP contribution in [-0.2, 0) is 4.79 Å². The molecule has 1 aromatic carbocycles. The summed E-state index contributed by atoms with van der Waals surface area (Å²) < 4.78 is 10.8. The van der Waals surface area contributed by atoms with E-state index in [0.717, 1.165) is 0 Å². The van der Waals surface area contributed by atoms with Crippen LogP contribution in [0, 0.1) is 0 Å². The van der Waals surface area contributed by atoms with Crippen molar-refractivity contribution in [1.82, 2.24) is 0 Å². The number of ketones is 2. The summed E-state index contributed by atoms with van der Waals surface area (Å²) in [7, 11) is 1.53. The first-order valence-electron chi connectivity index (χ1n) is 6.42. The number of carbonyl (C=O) groups is 2. The second-order valence-corrected chi connectivity index (χ2v) is 4.27. The molecule has 0 atom stereocenters. The van der Waals surface area contributed by atoms with E-state index in [9.17, 15) is 9.59 Å². The Kier molecular flexibility index (Phi) is 6.06. The Hall–Kier alpha value is -1.84. The molecule has 0 radical (unpaired) electrons. The zero-order chi connectivity index (χ0) is 14.3. The van der Waals surface area contributed by atoms with Gasteiger partial charge < -0.3 is 9.47 Å². The number of ether oxygens (including phenoxy) is 2. The molecular weight excluding hydrogens is 244 g/mol. The van der Waals surface area contributed by atoms with E-state index in [1.807, 2.05) is 6.92 Å². The number of Topliss-reactive ketones (excluding diaryl/α,β-unsaturated/α-hetero) is 2. The Labute approximate surface area is 113 Å². The van der Waals surface area contributed by atoms with E-state index in [1.165, 1.54) is 14.0 Å². The molecule has 0 fully saturated rings. The van der Waals surface area contributed by atoms with Crippen molar-refractivity contribution in [3.05, 3.63) is 23.8 Å². The average molecular weight is 264 g/mol. The van der Waals surface area contributed by atoms with Gasteiger partial charge in [-0.3, -0.25) is 9.59 Å². The highest BCUT2D eigenvalue weighted by Gasteiger charge is 2.08. The smallest absolute Gasteiger partial charge is 0.161 e. The van der Waals surface area contributed by atoms with Crippen LogP contribution >= 0.6 is 0 Å². The van der Waals surface area contributed by atoms with E-state index < -0.39 is 0 Å². The van der Waals surface area contributed by atoms with Gasteiger partial charge in [-0.15, -0.1) is 0 Å². The van der Waals surface area contributed by atoms with E-state index in [-0.39, 0.29) is 11.6 Å². The predicted octanol–water partition coefficient (Wildman–Crippen LogP) is 3.04. The molecule has 1 aromatic rings. The molecule has 0 heterocycles. The molecule has 4 nitrogen and oxygen atoms in total. The molecule has 0 N–H and O–H groups in total. The molecule has 0 saturated carbocycles. The molecule has 0 aliphatic carbocycles. The lowest BCUT2D eigenvalue weighted by molar-refractivity contribution is -0.118. The van der Waals surface area contributed by atoms with Crippen molar-refractivity contribution in [3.8, 4) is 11.5 Å². The number of hydrogen-bond donors (Lipinski definition) is 0. The van der Waals surface area contributed by atoms with Crippen LogP contribution in [-0.4, -0.2) is 25.3 Å². The van der Waals surface area contributed by atoms with Crippen LogP contribution in [0.2, 0.25) is 0 Å². The fraction of sp³-hybridized carbons (Fsp3) is 0.467. The third-order valence-corrected chi connectivity index (χ3v) is 2.82. The van der Waals surface area contributed by atoms with Gasteiger partial charge >= 0.3 is 0 Å². The summed E-state index contributed by atoms with van der Waals surface area (Å²) in [4.78, 5) is 22.4. The SMILES string of the molecule is CCC(=O)CCCOc1ccc(C(C)=O)cc1OC. The lowest BCUT2D eigenvalue weighted by Gasteiger charge is -2.11. The van der Waals surface area contributed by atoms with Crippen molar-refractivity contribution in [3.63, 3.8) is 0 Å². The Morgan fingerprint density at radius 3 is 2.53 bits per heavy atom. The van der Waals surface area contributed by atoms with Gasteiger partial charge in [-0.05, 0) is 31.5 Å². The lowest BCUT2D eigenvalue weighted by Crippen LogP contribution is -2.03. The van der Waals surface area contributed by atoms with Gasteiger partial charge in [0.2, 0.25) is 0 Å². The first kappa shape index (κ1) is 15.2. The number of benzene rings is 1. The first-order valence-corrected chi connectivity index (χ1v) is 6.42. The summed E-state index contributed by atoms with van der Waals surface area (Å²) >= 11 is 0. The van der Waals surface area contributed by atoms with Crippen LogP contribution in [0.5, 0.6) is 11.5 Å². The van der Waals surface area contributed by atoms with Crippen LogP contribution in [0.4, 0.5) is 0 Å². The highest BCUT2D eigenvalue weighted by atomic mass is 16.5. The standard InChI is InChI=1S/C15H20O4/c1-4-13(17)6-5-9-19-14-8-7-12(11(2)16)10-15(14)18-3/h7-8,10H,4-6,9H2,1-3H3. The Morgan fingerprint density at radius 2 is 1.95 bits per heavy atom. The van der Waals surface area contributed by atoms with E-state index in [1.54, 1.807) is 18.2 Å². The predicted molar refractivity (Wildman–Crippen MR) is 73.0 cm³/mol. The van der Waals surface area contributed by atoms with Crippen molar-refractivity contribution >= 4 is 11.6 Å². The second-order valence-electron chi connectivity index (χ2n) is 4.27. The minimum absolute atomic E-state index is 0.0154. The minimum Gasteiger partial charge on any atom is -0.493 e. The van der Waals surface area contributed by atoms with Crippen molar-refractivity contribution in [2.24, 2.45) is 0 Å². The largest absolute Gasteiger partial charge is 0.493 e. The topological polar surface area (TPSA) is 52.6 Å². The van der Waals surface area contributed by atoms with Gasteiger partial charge in [0.1, 0.15) is 5.78 Å². The van der Waals surface area contributed by atoms with Crippen molar-refractivity contribution in [2.45, 2.75) is 33.1 Å². The van der Waals surface area contributed by atoms with E-state index in [0.29, 0.717) is 42.9 Å². The monoisotopic (exact) mass is 264 g/mol. The molecule has 0 aliphatic rings. The summed E-state index contributed by atoms with van der Waals surface area (Å²) in [6.07, 6.45) is 1.78. The maximum Gasteiger partial charge on any atom is 0.161 e. The van der Waals surface area contributed by atoms with E-state index >= 15 is 0 Å². The number of methoxy groups -OCH3 is 1. The fourth-order valence-electron chi connectivity index (χ4n) is 1.63. The fourth-order valence-corrected chi connectivity index (χ4v) is 1.63. The molecule has 0 amide bonds. The summed E-state index contributed by atoms with van der Waals surface area (Å²) in [5.74, 6) is 1.35. The maximum atomic E-state index is 11.3. The normalized spacial score (nSPS) is 10.1.